The lowest BCUT2D eigenvalue weighted by molar-refractivity contribution is -0.147. The van der Waals surface area contributed by atoms with Crippen LogP contribution in [0.5, 0.6) is 5.75 Å². The summed E-state index contributed by atoms with van der Waals surface area (Å²) in [6, 6.07) is 8.03. The van der Waals surface area contributed by atoms with E-state index in [0.29, 0.717) is 23.2 Å². The molecule has 0 radical (unpaired) electrons. The Kier molecular flexibility index (Phi) is 6.75. The lowest BCUT2D eigenvalue weighted by Crippen LogP contribution is -2.49. The van der Waals surface area contributed by atoms with Gasteiger partial charge in [-0.2, -0.15) is 0 Å². The van der Waals surface area contributed by atoms with Crippen LogP contribution in [0.15, 0.2) is 24.3 Å². The number of rotatable bonds is 5. The Labute approximate surface area is 162 Å². The van der Waals surface area contributed by atoms with Gasteiger partial charge in [-0.1, -0.05) is 12.1 Å². The predicted octanol–water partition coefficient (Wildman–Crippen LogP) is 3.65. The van der Waals surface area contributed by atoms with Gasteiger partial charge in [-0.25, -0.2) is 0 Å². The fraction of sp³-hybridized carbons (Fsp3) is 0.579. The number of piperidine rings is 1. The third-order valence-electron chi connectivity index (χ3n) is 4.89. The number of aliphatic carboxylic acids is 1. The van der Waals surface area contributed by atoms with Gasteiger partial charge in [0, 0.05) is 12.6 Å². The molecule has 1 aromatic carbocycles. The zero-order valence-electron chi connectivity index (χ0n) is 14.9. The summed E-state index contributed by atoms with van der Waals surface area (Å²) < 4.78 is 6.14. The van der Waals surface area contributed by atoms with Crippen LogP contribution in [-0.4, -0.2) is 52.6 Å². The number of ether oxygens (including phenoxy) is 1. The molecule has 2 unspecified atom stereocenters. The monoisotopic (exact) mass is 395 g/mol. The van der Waals surface area contributed by atoms with Crippen LogP contribution in [0.4, 0.5) is 0 Å². The highest BCUT2D eigenvalue weighted by molar-refractivity contribution is 8.16. The van der Waals surface area contributed by atoms with Gasteiger partial charge in [0.1, 0.15) is 5.75 Å². The number of amides is 1. The lowest BCUT2D eigenvalue weighted by atomic mass is 9.93. The van der Waals surface area contributed by atoms with E-state index in [0.717, 1.165) is 0 Å². The number of benzene rings is 1. The maximum atomic E-state index is 12.5. The SMILES string of the molecule is CC1CCC(C(=O)O)CN1C(=O)COc1ccc(C2SCCCS2)cc1. The van der Waals surface area contributed by atoms with Gasteiger partial charge < -0.3 is 14.7 Å². The number of thioether (sulfide) groups is 2. The van der Waals surface area contributed by atoms with E-state index in [2.05, 4.69) is 12.1 Å². The standard InChI is InChI=1S/C19H25NO4S2/c1-13-3-4-15(18(22)23)11-20(13)17(21)12-24-16-7-5-14(6-8-16)19-25-9-2-10-26-19/h5-8,13,15,19H,2-4,9-12H2,1H3,(H,22,23). The third kappa shape index (κ3) is 4.88. The molecule has 0 spiro atoms. The van der Waals surface area contributed by atoms with Crippen LogP contribution in [0, 0.1) is 5.92 Å². The number of hydrogen-bond acceptors (Lipinski definition) is 5. The summed E-state index contributed by atoms with van der Waals surface area (Å²) in [7, 11) is 0. The Bertz CT molecular complexity index is 631. The molecular formula is C19H25NO4S2. The van der Waals surface area contributed by atoms with Crippen molar-refractivity contribution in [3.63, 3.8) is 0 Å². The summed E-state index contributed by atoms with van der Waals surface area (Å²) in [5.41, 5.74) is 1.28. The summed E-state index contributed by atoms with van der Waals surface area (Å²) in [6.45, 7) is 2.18. The molecule has 5 nitrogen and oxygen atoms in total. The first-order valence-electron chi connectivity index (χ1n) is 9.03. The molecule has 2 aliphatic heterocycles. The fourth-order valence-electron chi connectivity index (χ4n) is 3.29. The molecule has 2 heterocycles. The minimum atomic E-state index is -0.829. The molecule has 0 aromatic heterocycles. The average Bonchev–Trinajstić information content (AvgIpc) is 2.67. The molecular weight excluding hydrogens is 370 g/mol. The van der Waals surface area contributed by atoms with E-state index in [4.69, 9.17) is 4.74 Å². The Morgan fingerprint density at radius 2 is 1.88 bits per heavy atom. The van der Waals surface area contributed by atoms with Gasteiger partial charge in [0.15, 0.2) is 6.61 Å². The van der Waals surface area contributed by atoms with Crippen molar-refractivity contribution in [1.82, 2.24) is 4.90 Å². The molecule has 2 aliphatic rings. The smallest absolute Gasteiger partial charge is 0.308 e. The van der Waals surface area contributed by atoms with Crippen LogP contribution < -0.4 is 4.74 Å². The lowest BCUT2D eigenvalue weighted by Gasteiger charge is -2.36. The van der Waals surface area contributed by atoms with E-state index in [-0.39, 0.29) is 25.1 Å². The largest absolute Gasteiger partial charge is 0.484 e. The van der Waals surface area contributed by atoms with Crippen LogP contribution in [0.25, 0.3) is 0 Å². The van der Waals surface area contributed by atoms with Crippen molar-refractivity contribution in [1.29, 1.82) is 0 Å². The highest BCUT2D eigenvalue weighted by Crippen LogP contribution is 2.43. The molecule has 2 atom stereocenters. The van der Waals surface area contributed by atoms with Gasteiger partial charge >= 0.3 is 5.97 Å². The molecule has 0 aliphatic carbocycles. The van der Waals surface area contributed by atoms with Gasteiger partial charge in [0.05, 0.1) is 10.5 Å². The van der Waals surface area contributed by atoms with Crippen LogP contribution in [0.2, 0.25) is 0 Å². The van der Waals surface area contributed by atoms with Crippen molar-refractivity contribution in [2.24, 2.45) is 5.92 Å². The zero-order valence-corrected chi connectivity index (χ0v) is 16.6. The predicted molar refractivity (Wildman–Crippen MR) is 106 cm³/mol. The van der Waals surface area contributed by atoms with E-state index in [1.165, 1.54) is 23.5 Å². The number of carbonyl (C=O) groups excluding carboxylic acids is 1. The van der Waals surface area contributed by atoms with Crippen LogP contribution >= 0.6 is 23.5 Å². The summed E-state index contributed by atoms with van der Waals surface area (Å²) in [5, 5.41) is 9.19. The second-order valence-corrected chi connectivity index (χ2v) is 9.52. The van der Waals surface area contributed by atoms with Crippen molar-refractivity contribution in [3.8, 4) is 5.75 Å². The molecule has 0 saturated carbocycles. The molecule has 0 bridgehead atoms. The van der Waals surface area contributed by atoms with Crippen LogP contribution in [-0.2, 0) is 9.59 Å². The molecule has 1 amide bonds. The summed E-state index contributed by atoms with van der Waals surface area (Å²) >= 11 is 3.95. The highest BCUT2D eigenvalue weighted by atomic mass is 32.2. The minimum absolute atomic E-state index is 0.0526. The maximum absolute atomic E-state index is 12.5. The maximum Gasteiger partial charge on any atom is 0.308 e. The van der Waals surface area contributed by atoms with Crippen molar-refractivity contribution in [3.05, 3.63) is 29.8 Å². The van der Waals surface area contributed by atoms with Crippen molar-refractivity contribution >= 4 is 35.4 Å². The molecule has 2 fully saturated rings. The van der Waals surface area contributed by atoms with Crippen molar-refractivity contribution in [2.75, 3.05) is 24.7 Å². The number of carboxylic acid groups (broad SMARTS) is 1. The van der Waals surface area contributed by atoms with Crippen LogP contribution in [0.3, 0.4) is 0 Å². The first kappa shape index (κ1) is 19.4. The van der Waals surface area contributed by atoms with Gasteiger partial charge in [0.25, 0.3) is 5.91 Å². The molecule has 1 N–H and O–H groups in total. The topological polar surface area (TPSA) is 66.8 Å². The molecule has 7 heteroatoms. The average molecular weight is 396 g/mol. The number of likely N-dealkylation sites (tertiary alicyclic amines) is 1. The van der Waals surface area contributed by atoms with E-state index < -0.39 is 11.9 Å². The molecule has 26 heavy (non-hydrogen) atoms. The first-order valence-corrected chi connectivity index (χ1v) is 11.1. The van der Waals surface area contributed by atoms with Gasteiger partial charge in [-0.3, -0.25) is 9.59 Å². The molecule has 142 valence electrons. The second-order valence-electron chi connectivity index (χ2n) is 6.79. The van der Waals surface area contributed by atoms with Crippen LogP contribution in [0.1, 0.15) is 36.3 Å². The number of carbonyl (C=O) groups is 2. The van der Waals surface area contributed by atoms with E-state index in [1.54, 1.807) is 4.90 Å². The molecule has 1 aromatic rings. The number of hydrogen-bond donors (Lipinski definition) is 1. The summed E-state index contributed by atoms with van der Waals surface area (Å²) in [4.78, 5) is 25.3. The number of nitrogens with zero attached hydrogens (tertiary/aromatic N) is 1. The summed E-state index contributed by atoms with van der Waals surface area (Å²) in [5.74, 6) is 1.63. The Hall–Kier alpha value is -1.34. The van der Waals surface area contributed by atoms with Gasteiger partial charge in [-0.05, 0) is 55.4 Å². The number of carboxylic acids is 1. The highest BCUT2D eigenvalue weighted by Gasteiger charge is 2.32. The zero-order chi connectivity index (χ0) is 18.5. The summed E-state index contributed by atoms with van der Waals surface area (Å²) in [6.07, 6.45) is 2.61. The fourth-order valence-corrected chi connectivity index (χ4v) is 6.18. The van der Waals surface area contributed by atoms with E-state index in [9.17, 15) is 14.7 Å². The normalized spacial score (nSPS) is 24.3. The van der Waals surface area contributed by atoms with Crippen molar-refractivity contribution < 1.29 is 19.4 Å². The first-order chi connectivity index (χ1) is 12.5. The van der Waals surface area contributed by atoms with Gasteiger partial charge in [-0.15, -0.1) is 23.5 Å². The van der Waals surface area contributed by atoms with E-state index in [1.807, 2.05) is 42.6 Å². The Morgan fingerprint density at radius 1 is 1.19 bits per heavy atom. The van der Waals surface area contributed by atoms with Gasteiger partial charge in [0.2, 0.25) is 0 Å². The van der Waals surface area contributed by atoms with E-state index >= 15 is 0 Å². The third-order valence-corrected chi connectivity index (χ3v) is 7.91. The quantitative estimate of drug-likeness (QED) is 0.821. The second kappa shape index (κ2) is 9.04. The minimum Gasteiger partial charge on any atom is -0.484 e. The Morgan fingerprint density at radius 3 is 2.54 bits per heavy atom. The molecule has 2 saturated heterocycles. The Balaban J connectivity index is 1.52. The van der Waals surface area contributed by atoms with Crippen molar-refractivity contribution in [2.45, 2.75) is 36.8 Å². The molecule has 3 rings (SSSR count).